The zero-order valence-corrected chi connectivity index (χ0v) is 14.9. The van der Waals surface area contributed by atoms with Crippen LogP contribution in [-0.2, 0) is 26.1 Å². The zero-order valence-electron chi connectivity index (χ0n) is 14.9. The number of urea groups is 1. The van der Waals surface area contributed by atoms with Crippen molar-refractivity contribution < 1.29 is 9.59 Å². The molecule has 3 amide bonds. The summed E-state index contributed by atoms with van der Waals surface area (Å²) in [5.74, 6) is 1.68. The van der Waals surface area contributed by atoms with E-state index in [-0.39, 0.29) is 11.9 Å². The number of hydrogen-bond acceptors (Lipinski definition) is 4. The minimum atomic E-state index is -0.258. The fraction of sp³-hybridized carbons (Fsp3) is 0.444. The number of benzene rings is 1. The quantitative estimate of drug-likeness (QED) is 0.753. The largest absolute Gasteiger partial charge is 0.355 e. The van der Waals surface area contributed by atoms with Crippen molar-refractivity contribution in [3.8, 4) is 0 Å². The smallest absolute Gasteiger partial charge is 0.315 e. The average molecular weight is 356 g/mol. The number of amides is 3. The van der Waals surface area contributed by atoms with Crippen LogP contribution in [0.15, 0.2) is 24.3 Å². The Morgan fingerprint density at radius 1 is 1.04 bits per heavy atom. The number of carbonyl (C=O) groups excluding carboxylic acids is 2. The highest BCUT2D eigenvalue weighted by Gasteiger charge is 2.15. The Morgan fingerprint density at radius 3 is 2.58 bits per heavy atom. The highest BCUT2D eigenvalue weighted by atomic mass is 16.2. The number of aromatic nitrogens is 3. The Morgan fingerprint density at radius 2 is 1.81 bits per heavy atom. The van der Waals surface area contributed by atoms with E-state index in [1.807, 2.05) is 12.1 Å². The van der Waals surface area contributed by atoms with Crippen LogP contribution in [0.4, 0.5) is 4.79 Å². The Labute approximate surface area is 152 Å². The first kappa shape index (κ1) is 17.9. The van der Waals surface area contributed by atoms with Crippen molar-refractivity contribution >= 4 is 11.9 Å². The standard InChI is InChI=1S/C18H24N6O2/c1-19-17(25)14-8-6-13(7-9-14)11-20-18(26)21-12-16-23-22-15-5-3-2-4-10-24(15)16/h6-9H,2-5,10-12H2,1H3,(H,19,25)(H2,20,21,26). The van der Waals surface area contributed by atoms with Gasteiger partial charge in [0.05, 0.1) is 6.54 Å². The number of carbonyl (C=O) groups is 2. The van der Waals surface area contributed by atoms with Crippen molar-refractivity contribution in [1.82, 2.24) is 30.7 Å². The number of nitrogens with one attached hydrogen (secondary N) is 3. The molecule has 0 fully saturated rings. The molecule has 2 heterocycles. The second-order valence-electron chi connectivity index (χ2n) is 6.31. The van der Waals surface area contributed by atoms with Crippen molar-refractivity contribution in [2.75, 3.05) is 7.05 Å². The van der Waals surface area contributed by atoms with Crippen LogP contribution >= 0.6 is 0 Å². The fourth-order valence-corrected chi connectivity index (χ4v) is 3.00. The second kappa shape index (κ2) is 8.46. The van der Waals surface area contributed by atoms with E-state index < -0.39 is 0 Å². The molecule has 0 saturated heterocycles. The maximum atomic E-state index is 12.0. The lowest BCUT2D eigenvalue weighted by Crippen LogP contribution is -2.35. The Hall–Kier alpha value is -2.90. The summed E-state index contributed by atoms with van der Waals surface area (Å²) in [5.41, 5.74) is 1.51. The molecule has 1 aliphatic rings. The topological polar surface area (TPSA) is 101 Å². The summed E-state index contributed by atoms with van der Waals surface area (Å²) in [4.78, 5) is 23.5. The molecule has 0 spiro atoms. The summed E-state index contributed by atoms with van der Waals surface area (Å²) >= 11 is 0. The molecule has 0 bridgehead atoms. The third-order valence-corrected chi connectivity index (χ3v) is 4.49. The third kappa shape index (κ3) is 4.38. The maximum absolute atomic E-state index is 12.0. The first-order valence-corrected chi connectivity index (χ1v) is 8.91. The summed E-state index contributed by atoms with van der Waals surface area (Å²) in [7, 11) is 1.59. The van der Waals surface area contributed by atoms with Gasteiger partial charge in [0.2, 0.25) is 0 Å². The van der Waals surface area contributed by atoms with Gasteiger partial charge in [-0.1, -0.05) is 18.6 Å². The normalized spacial score (nSPS) is 13.4. The van der Waals surface area contributed by atoms with Crippen molar-refractivity contribution in [3.05, 3.63) is 47.0 Å². The van der Waals surface area contributed by atoms with Crippen molar-refractivity contribution in [2.45, 2.75) is 45.3 Å². The Bertz CT molecular complexity index is 768. The monoisotopic (exact) mass is 356 g/mol. The molecule has 0 saturated carbocycles. The molecule has 0 aliphatic carbocycles. The molecular weight excluding hydrogens is 332 g/mol. The zero-order chi connectivity index (χ0) is 18.4. The predicted molar refractivity (Wildman–Crippen MR) is 96.5 cm³/mol. The highest BCUT2D eigenvalue weighted by Crippen LogP contribution is 2.14. The summed E-state index contributed by atoms with van der Waals surface area (Å²) in [6.07, 6.45) is 4.42. The molecule has 1 aliphatic heterocycles. The third-order valence-electron chi connectivity index (χ3n) is 4.49. The van der Waals surface area contributed by atoms with Gasteiger partial charge in [0.25, 0.3) is 5.91 Å². The van der Waals surface area contributed by atoms with E-state index in [1.54, 1.807) is 19.2 Å². The summed E-state index contributed by atoms with van der Waals surface area (Å²) in [5, 5.41) is 16.6. The molecule has 26 heavy (non-hydrogen) atoms. The van der Waals surface area contributed by atoms with Crippen LogP contribution in [0.3, 0.4) is 0 Å². The molecule has 8 nitrogen and oxygen atoms in total. The highest BCUT2D eigenvalue weighted by molar-refractivity contribution is 5.93. The van der Waals surface area contributed by atoms with E-state index in [0.29, 0.717) is 18.7 Å². The van der Waals surface area contributed by atoms with Crippen LogP contribution < -0.4 is 16.0 Å². The molecule has 0 unspecified atom stereocenters. The first-order chi connectivity index (χ1) is 12.7. The fourth-order valence-electron chi connectivity index (χ4n) is 3.00. The second-order valence-corrected chi connectivity index (χ2v) is 6.31. The van der Waals surface area contributed by atoms with Gasteiger partial charge in [-0.3, -0.25) is 4.79 Å². The van der Waals surface area contributed by atoms with Crippen molar-refractivity contribution in [3.63, 3.8) is 0 Å². The molecule has 3 rings (SSSR count). The van der Waals surface area contributed by atoms with E-state index in [2.05, 4.69) is 30.7 Å². The lowest BCUT2D eigenvalue weighted by atomic mass is 10.1. The lowest BCUT2D eigenvalue weighted by Gasteiger charge is -2.10. The molecule has 1 aromatic carbocycles. The Balaban J connectivity index is 1.47. The SMILES string of the molecule is CNC(=O)c1ccc(CNC(=O)NCc2nnc3n2CCCCC3)cc1. The molecular formula is C18H24N6O2. The van der Waals surface area contributed by atoms with Crippen molar-refractivity contribution in [1.29, 1.82) is 0 Å². The van der Waals surface area contributed by atoms with Crippen LogP contribution in [-0.4, -0.2) is 33.8 Å². The summed E-state index contributed by atoms with van der Waals surface area (Å²) < 4.78 is 2.12. The maximum Gasteiger partial charge on any atom is 0.315 e. The van der Waals surface area contributed by atoms with Gasteiger partial charge in [-0.05, 0) is 30.5 Å². The van der Waals surface area contributed by atoms with Gasteiger partial charge in [0, 0.05) is 32.1 Å². The summed E-state index contributed by atoms with van der Waals surface area (Å²) in [6, 6.07) is 6.86. The predicted octanol–water partition coefficient (Wildman–Crippen LogP) is 1.36. The summed E-state index contributed by atoms with van der Waals surface area (Å²) in [6.45, 7) is 1.66. The lowest BCUT2D eigenvalue weighted by molar-refractivity contribution is 0.0963. The molecule has 2 aromatic rings. The minimum Gasteiger partial charge on any atom is -0.355 e. The number of hydrogen-bond donors (Lipinski definition) is 3. The van der Waals surface area contributed by atoms with Crippen LogP contribution in [0.25, 0.3) is 0 Å². The van der Waals surface area contributed by atoms with Crippen LogP contribution in [0.2, 0.25) is 0 Å². The molecule has 0 radical (unpaired) electrons. The van der Waals surface area contributed by atoms with Crippen LogP contribution in [0.1, 0.15) is 46.8 Å². The molecule has 0 atom stereocenters. The van der Waals surface area contributed by atoms with E-state index >= 15 is 0 Å². The van der Waals surface area contributed by atoms with Gasteiger partial charge in [-0.2, -0.15) is 0 Å². The number of aryl methyl sites for hydroxylation is 1. The van der Waals surface area contributed by atoms with Gasteiger partial charge in [0.15, 0.2) is 5.82 Å². The number of fused-ring (bicyclic) bond motifs is 1. The average Bonchev–Trinajstić information content (AvgIpc) is 2.90. The molecule has 138 valence electrons. The molecule has 3 N–H and O–H groups in total. The Kier molecular flexibility index (Phi) is 5.83. The van der Waals surface area contributed by atoms with Gasteiger partial charge in [-0.25, -0.2) is 4.79 Å². The number of rotatable bonds is 5. The number of nitrogens with zero attached hydrogens (tertiary/aromatic N) is 3. The van der Waals surface area contributed by atoms with Crippen molar-refractivity contribution in [2.24, 2.45) is 0 Å². The van der Waals surface area contributed by atoms with E-state index in [1.165, 1.54) is 6.42 Å². The van der Waals surface area contributed by atoms with Gasteiger partial charge in [-0.15, -0.1) is 10.2 Å². The van der Waals surface area contributed by atoms with Crippen LogP contribution in [0.5, 0.6) is 0 Å². The minimum absolute atomic E-state index is 0.130. The van der Waals surface area contributed by atoms with E-state index in [0.717, 1.165) is 43.0 Å². The van der Waals surface area contributed by atoms with E-state index in [4.69, 9.17) is 0 Å². The molecule has 1 aromatic heterocycles. The van der Waals surface area contributed by atoms with E-state index in [9.17, 15) is 9.59 Å². The van der Waals surface area contributed by atoms with Gasteiger partial charge < -0.3 is 20.5 Å². The molecule has 8 heteroatoms. The van der Waals surface area contributed by atoms with Crippen LogP contribution in [0, 0.1) is 0 Å². The first-order valence-electron chi connectivity index (χ1n) is 8.91. The van der Waals surface area contributed by atoms with Gasteiger partial charge >= 0.3 is 6.03 Å². The van der Waals surface area contributed by atoms with Gasteiger partial charge in [0.1, 0.15) is 5.82 Å².